The molecule has 0 spiro atoms. The molecule has 1 aliphatic heterocycles. The molecule has 2 aliphatic rings. The van der Waals surface area contributed by atoms with Gasteiger partial charge in [0, 0.05) is 18.7 Å². The van der Waals surface area contributed by atoms with Gasteiger partial charge in [0.2, 0.25) is 0 Å². The number of ether oxygens (including phenoxy) is 2. The van der Waals surface area contributed by atoms with Gasteiger partial charge in [0.1, 0.15) is 11.5 Å². The van der Waals surface area contributed by atoms with Crippen molar-refractivity contribution in [1.82, 2.24) is 10.3 Å². The second-order valence-corrected chi connectivity index (χ2v) is 7.11. The molecule has 1 aliphatic carbocycles. The highest BCUT2D eigenvalue weighted by atomic mass is 16.5. The number of aryl methyl sites for hydroxylation is 1. The van der Waals surface area contributed by atoms with E-state index in [0.717, 1.165) is 48.4 Å². The van der Waals surface area contributed by atoms with Crippen LogP contribution in [0.5, 0.6) is 11.5 Å². The Hall–Kier alpha value is -2.56. The summed E-state index contributed by atoms with van der Waals surface area (Å²) in [5.74, 6) is 1.68. The maximum absolute atomic E-state index is 12.5. The molecule has 136 valence electrons. The minimum absolute atomic E-state index is 0.00586. The maximum atomic E-state index is 12.5. The molecule has 1 fully saturated rings. The third-order valence-electron chi connectivity index (χ3n) is 5.21. The molecule has 1 saturated carbocycles. The van der Waals surface area contributed by atoms with Gasteiger partial charge < -0.3 is 14.8 Å². The number of benzene rings is 1. The molecule has 2 aromatic rings. The Bertz CT molecular complexity index is 759. The van der Waals surface area contributed by atoms with Crippen LogP contribution in [0.3, 0.4) is 0 Å². The second-order valence-electron chi connectivity index (χ2n) is 7.11. The predicted molar refractivity (Wildman–Crippen MR) is 98.4 cm³/mol. The van der Waals surface area contributed by atoms with Crippen LogP contribution in [-0.4, -0.2) is 29.1 Å². The topological polar surface area (TPSA) is 60.5 Å². The molecule has 5 nitrogen and oxygen atoms in total. The van der Waals surface area contributed by atoms with Crippen molar-refractivity contribution in [3.8, 4) is 11.5 Å². The molecule has 4 rings (SSSR count). The molecule has 0 radical (unpaired) electrons. The number of nitrogens with zero attached hydrogens (tertiary/aromatic N) is 1. The average Bonchev–Trinajstić information content (AvgIpc) is 3.10. The van der Waals surface area contributed by atoms with Gasteiger partial charge in [-0.05, 0) is 56.4 Å². The van der Waals surface area contributed by atoms with Crippen LogP contribution in [0.4, 0.5) is 0 Å². The van der Waals surface area contributed by atoms with Gasteiger partial charge in [0.25, 0.3) is 5.91 Å². The van der Waals surface area contributed by atoms with Gasteiger partial charge in [-0.25, -0.2) is 0 Å². The molecule has 26 heavy (non-hydrogen) atoms. The summed E-state index contributed by atoms with van der Waals surface area (Å²) in [5, 5.41) is 3.16. The summed E-state index contributed by atoms with van der Waals surface area (Å²) in [7, 11) is 0. The lowest BCUT2D eigenvalue weighted by atomic mass is 9.92. The summed E-state index contributed by atoms with van der Waals surface area (Å²) in [5.41, 5.74) is 2.03. The molecular weight excluding hydrogens is 328 g/mol. The molecule has 1 aromatic carbocycles. The lowest BCUT2D eigenvalue weighted by Crippen LogP contribution is -2.45. The molecule has 0 saturated heterocycles. The van der Waals surface area contributed by atoms with Crippen molar-refractivity contribution in [3.05, 3.63) is 53.9 Å². The first-order valence-electron chi connectivity index (χ1n) is 9.32. The number of hydrogen-bond acceptors (Lipinski definition) is 4. The van der Waals surface area contributed by atoms with E-state index in [2.05, 4.69) is 10.3 Å². The van der Waals surface area contributed by atoms with Crippen LogP contribution >= 0.6 is 0 Å². The SMILES string of the molecule is Cc1ncccc1OC1CCC(NC(=O)C2Cc3ccccc3O2)CC1. The molecular formula is C21H24N2O3. The Labute approximate surface area is 153 Å². The van der Waals surface area contributed by atoms with E-state index in [1.54, 1.807) is 6.20 Å². The molecule has 1 aromatic heterocycles. The first-order chi connectivity index (χ1) is 12.7. The summed E-state index contributed by atoms with van der Waals surface area (Å²) in [6.07, 6.45) is 5.94. The lowest BCUT2D eigenvalue weighted by Gasteiger charge is -2.30. The van der Waals surface area contributed by atoms with E-state index in [-0.39, 0.29) is 18.1 Å². The van der Waals surface area contributed by atoms with Crippen molar-refractivity contribution >= 4 is 5.91 Å². The number of carbonyl (C=O) groups excluding carboxylic acids is 1. The van der Waals surface area contributed by atoms with Crippen molar-refractivity contribution in [2.75, 3.05) is 0 Å². The van der Waals surface area contributed by atoms with Crippen LogP contribution in [0.15, 0.2) is 42.6 Å². The highest BCUT2D eigenvalue weighted by Crippen LogP contribution is 2.29. The van der Waals surface area contributed by atoms with Crippen molar-refractivity contribution < 1.29 is 14.3 Å². The first-order valence-corrected chi connectivity index (χ1v) is 9.32. The largest absolute Gasteiger partial charge is 0.489 e. The molecule has 5 heteroatoms. The first kappa shape index (κ1) is 16.9. The Morgan fingerprint density at radius 1 is 1.15 bits per heavy atom. The predicted octanol–water partition coefficient (Wildman–Crippen LogP) is 3.20. The Morgan fingerprint density at radius 3 is 2.73 bits per heavy atom. The van der Waals surface area contributed by atoms with Crippen molar-refractivity contribution in [3.63, 3.8) is 0 Å². The summed E-state index contributed by atoms with van der Waals surface area (Å²) in [6, 6.07) is 11.9. The van der Waals surface area contributed by atoms with E-state index >= 15 is 0 Å². The van der Waals surface area contributed by atoms with Gasteiger partial charge in [-0.2, -0.15) is 0 Å². The van der Waals surface area contributed by atoms with Crippen molar-refractivity contribution in [2.45, 2.75) is 57.3 Å². The van der Waals surface area contributed by atoms with E-state index < -0.39 is 6.10 Å². The fraction of sp³-hybridized carbons (Fsp3) is 0.429. The zero-order valence-corrected chi connectivity index (χ0v) is 15.0. The smallest absolute Gasteiger partial charge is 0.261 e. The molecule has 2 heterocycles. The number of rotatable bonds is 4. The Kier molecular flexibility index (Phi) is 4.78. The second kappa shape index (κ2) is 7.36. The summed E-state index contributed by atoms with van der Waals surface area (Å²) in [6.45, 7) is 1.96. The van der Waals surface area contributed by atoms with Gasteiger partial charge in [-0.3, -0.25) is 9.78 Å². The van der Waals surface area contributed by atoms with E-state index in [0.29, 0.717) is 6.42 Å². The number of nitrogens with one attached hydrogen (secondary N) is 1. The molecule has 1 amide bonds. The zero-order chi connectivity index (χ0) is 17.9. The summed E-state index contributed by atoms with van der Waals surface area (Å²) >= 11 is 0. The van der Waals surface area contributed by atoms with Gasteiger partial charge >= 0.3 is 0 Å². The van der Waals surface area contributed by atoms with Crippen molar-refractivity contribution in [2.24, 2.45) is 0 Å². The number of carbonyl (C=O) groups is 1. The third kappa shape index (κ3) is 3.66. The van der Waals surface area contributed by atoms with E-state index in [4.69, 9.17) is 9.47 Å². The van der Waals surface area contributed by atoms with Gasteiger partial charge in [-0.1, -0.05) is 18.2 Å². The minimum atomic E-state index is -0.403. The van der Waals surface area contributed by atoms with Gasteiger partial charge in [-0.15, -0.1) is 0 Å². The summed E-state index contributed by atoms with van der Waals surface area (Å²) in [4.78, 5) is 16.8. The molecule has 0 bridgehead atoms. The Balaban J connectivity index is 1.25. The van der Waals surface area contributed by atoms with E-state index in [9.17, 15) is 4.79 Å². The number of pyridine rings is 1. The molecule has 1 N–H and O–H groups in total. The van der Waals surface area contributed by atoms with Gasteiger partial charge in [0.05, 0.1) is 11.8 Å². The normalized spacial score (nSPS) is 24.4. The van der Waals surface area contributed by atoms with Crippen LogP contribution in [0, 0.1) is 6.92 Å². The average molecular weight is 352 g/mol. The fourth-order valence-corrected chi connectivity index (χ4v) is 3.72. The maximum Gasteiger partial charge on any atom is 0.261 e. The fourth-order valence-electron chi connectivity index (χ4n) is 3.72. The Morgan fingerprint density at radius 2 is 1.96 bits per heavy atom. The standard InChI is InChI=1S/C21H24N2O3/c1-14-18(7-4-12-22-14)25-17-10-8-16(9-11-17)23-21(24)20-13-15-5-2-3-6-19(15)26-20/h2-7,12,16-17,20H,8-11,13H2,1H3,(H,23,24). The lowest BCUT2D eigenvalue weighted by molar-refractivity contribution is -0.128. The van der Waals surface area contributed by atoms with Crippen LogP contribution in [0.1, 0.15) is 36.9 Å². The number of hydrogen-bond donors (Lipinski definition) is 1. The van der Waals surface area contributed by atoms with E-state index in [1.807, 2.05) is 43.3 Å². The highest BCUT2D eigenvalue weighted by Gasteiger charge is 2.31. The zero-order valence-electron chi connectivity index (χ0n) is 15.0. The van der Waals surface area contributed by atoms with Crippen molar-refractivity contribution in [1.29, 1.82) is 0 Å². The van der Waals surface area contributed by atoms with Crippen LogP contribution < -0.4 is 14.8 Å². The highest BCUT2D eigenvalue weighted by molar-refractivity contribution is 5.82. The van der Waals surface area contributed by atoms with Crippen LogP contribution in [0.25, 0.3) is 0 Å². The molecule has 1 atom stereocenters. The number of amides is 1. The monoisotopic (exact) mass is 352 g/mol. The quantitative estimate of drug-likeness (QED) is 0.918. The summed E-state index contributed by atoms with van der Waals surface area (Å²) < 4.78 is 11.9. The van der Waals surface area contributed by atoms with Gasteiger partial charge in [0.15, 0.2) is 6.10 Å². The molecule has 1 unspecified atom stereocenters. The minimum Gasteiger partial charge on any atom is -0.489 e. The number of fused-ring (bicyclic) bond motifs is 1. The number of aromatic nitrogens is 1. The number of para-hydroxylation sites is 1. The van der Waals surface area contributed by atoms with Crippen LogP contribution in [0.2, 0.25) is 0 Å². The van der Waals surface area contributed by atoms with E-state index in [1.165, 1.54) is 0 Å². The van der Waals surface area contributed by atoms with Crippen LogP contribution in [-0.2, 0) is 11.2 Å². The third-order valence-corrected chi connectivity index (χ3v) is 5.21.